The summed E-state index contributed by atoms with van der Waals surface area (Å²) >= 11 is 1.58. The van der Waals surface area contributed by atoms with E-state index in [1.807, 2.05) is 41.8 Å². The molecule has 4 aromatic rings. The second kappa shape index (κ2) is 7.46. The van der Waals surface area contributed by atoms with Gasteiger partial charge in [0.25, 0.3) is 5.91 Å². The molecule has 0 radical (unpaired) electrons. The molecule has 1 amide bonds. The molecule has 1 aromatic carbocycles. The van der Waals surface area contributed by atoms with E-state index in [2.05, 4.69) is 20.7 Å². The SMILES string of the molecule is COc1cccc(-c2cc(CNC(=O)c3cc(-c4cccs4)[nH]n3)no2)c1. The molecule has 3 heterocycles. The van der Waals surface area contributed by atoms with Crippen molar-refractivity contribution in [2.75, 3.05) is 7.11 Å². The standard InChI is InChI=1S/C19H16N4O3S/c1-25-14-5-2-4-12(8-14)17-9-13(23-26-17)11-20-19(24)16-10-15(21-22-16)18-6-3-7-27-18/h2-10H,11H2,1H3,(H,20,24)(H,21,22). The first-order chi connectivity index (χ1) is 13.2. The highest BCUT2D eigenvalue weighted by Gasteiger charge is 2.13. The van der Waals surface area contributed by atoms with E-state index < -0.39 is 0 Å². The Hall–Kier alpha value is -3.39. The summed E-state index contributed by atoms with van der Waals surface area (Å²) in [6.07, 6.45) is 0. The predicted molar refractivity (Wildman–Crippen MR) is 102 cm³/mol. The predicted octanol–water partition coefficient (Wildman–Crippen LogP) is 3.73. The number of rotatable bonds is 6. The molecule has 0 saturated carbocycles. The average molecular weight is 380 g/mol. The number of benzene rings is 1. The number of ether oxygens (including phenoxy) is 1. The summed E-state index contributed by atoms with van der Waals surface area (Å²) in [5, 5.41) is 15.7. The lowest BCUT2D eigenvalue weighted by molar-refractivity contribution is 0.0945. The summed E-state index contributed by atoms with van der Waals surface area (Å²) in [6.45, 7) is 0.244. The molecule has 136 valence electrons. The second-order valence-electron chi connectivity index (χ2n) is 5.74. The third-order valence-corrected chi connectivity index (χ3v) is 4.84. The van der Waals surface area contributed by atoms with Gasteiger partial charge < -0.3 is 14.6 Å². The van der Waals surface area contributed by atoms with Gasteiger partial charge in [-0.2, -0.15) is 5.10 Å². The number of aromatic nitrogens is 3. The van der Waals surface area contributed by atoms with Crippen LogP contribution in [0.15, 0.2) is 58.4 Å². The number of hydrogen-bond acceptors (Lipinski definition) is 6. The van der Waals surface area contributed by atoms with Gasteiger partial charge in [-0.25, -0.2) is 0 Å². The molecule has 0 aliphatic carbocycles. The van der Waals surface area contributed by atoms with Crippen LogP contribution in [0, 0.1) is 0 Å². The van der Waals surface area contributed by atoms with Crippen molar-refractivity contribution in [2.45, 2.75) is 6.54 Å². The lowest BCUT2D eigenvalue weighted by Crippen LogP contribution is -2.23. The van der Waals surface area contributed by atoms with E-state index in [1.54, 1.807) is 30.6 Å². The highest BCUT2D eigenvalue weighted by Crippen LogP contribution is 2.25. The molecule has 0 atom stereocenters. The molecule has 0 fully saturated rings. The van der Waals surface area contributed by atoms with Gasteiger partial charge in [0.1, 0.15) is 11.4 Å². The van der Waals surface area contributed by atoms with Crippen molar-refractivity contribution in [3.8, 4) is 27.6 Å². The summed E-state index contributed by atoms with van der Waals surface area (Å²) in [5.74, 6) is 1.07. The van der Waals surface area contributed by atoms with Crippen molar-refractivity contribution in [3.05, 3.63) is 65.3 Å². The van der Waals surface area contributed by atoms with E-state index in [1.165, 1.54) is 0 Å². The van der Waals surface area contributed by atoms with Gasteiger partial charge in [0, 0.05) is 11.6 Å². The minimum atomic E-state index is -0.278. The molecular weight excluding hydrogens is 364 g/mol. The van der Waals surface area contributed by atoms with Crippen LogP contribution in [-0.2, 0) is 6.54 Å². The van der Waals surface area contributed by atoms with E-state index in [0.717, 1.165) is 21.9 Å². The zero-order chi connectivity index (χ0) is 18.6. The van der Waals surface area contributed by atoms with Crippen LogP contribution in [0.4, 0.5) is 0 Å². The number of H-pyrrole nitrogens is 1. The van der Waals surface area contributed by atoms with Gasteiger partial charge in [-0.05, 0) is 29.6 Å². The van der Waals surface area contributed by atoms with E-state index >= 15 is 0 Å². The minimum Gasteiger partial charge on any atom is -0.497 e. The topological polar surface area (TPSA) is 93.0 Å². The van der Waals surface area contributed by atoms with Gasteiger partial charge in [-0.15, -0.1) is 11.3 Å². The molecule has 7 nitrogen and oxygen atoms in total. The normalized spacial score (nSPS) is 10.7. The number of methoxy groups -OCH3 is 1. The fourth-order valence-electron chi connectivity index (χ4n) is 2.56. The summed E-state index contributed by atoms with van der Waals surface area (Å²) in [4.78, 5) is 13.3. The van der Waals surface area contributed by atoms with Crippen LogP contribution in [0.3, 0.4) is 0 Å². The smallest absolute Gasteiger partial charge is 0.272 e. The van der Waals surface area contributed by atoms with Crippen LogP contribution in [-0.4, -0.2) is 28.4 Å². The Morgan fingerprint density at radius 3 is 3.00 bits per heavy atom. The van der Waals surface area contributed by atoms with Gasteiger partial charge in [0.15, 0.2) is 11.5 Å². The Balaban J connectivity index is 1.40. The number of amides is 1. The molecule has 8 heteroatoms. The third-order valence-electron chi connectivity index (χ3n) is 3.94. The van der Waals surface area contributed by atoms with E-state index in [0.29, 0.717) is 17.1 Å². The van der Waals surface area contributed by atoms with Crippen LogP contribution in [0.1, 0.15) is 16.2 Å². The molecule has 0 bridgehead atoms. The number of hydrogen-bond donors (Lipinski definition) is 2. The van der Waals surface area contributed by atoms with Crippen LogP contribution in [0.2, 0.25) is 0 Å². The van der Waals surface area contributed by atoms with Gasteiger partial charge in [-0.3, -0.25) is 9.89 Å². The van der Waals surface area contributed by atoms with E-state index in [9.17, 15) is 4.79 Å². The number of nitrogens with one attached hydrogen (secondary N) is 2. The van der Waals surface area contributed by atoms with Crippen molar-refractivity contribution in [2.24, 2.45) is 0 Å². The Kier molecular flexibility index (Phi) is 4.71. The van der Waals surface area contributed by atoms with Crippen molar-refractivity contribution in [3.63, 3.8) is 0 Å². The number of carbonyl (C=O) groups excluding carboxylic acids is 1. The largest absolute Gasteiger partial charge is 0.497 e. The van der Waals surface area contributed by atoms with Crippen molar-refractivity contribution >= 4 is 17.2 Å². The first-order valence-electron chi connectivity index (χ1n) is 8.20. The molecule has 0 saturated heterocycles. The zero-order valence-electron chi connectivity index (χ0n) is 14.4. The fraction of sp³-hybridized carbons (Fsp3) is 0.105. The Bertz CT molecular complexity index is 1050. The maximum absolute atomic E-state index is 12.3. The summed E-state index contributed by atoms with van der Waals surface area (Å²) in [5.41, 5.74) is 2.62. The third kappa shape index (κ3) is 3.75. The maximum atomic E-state index is 12.3. The number of carbonyl (C=O) groups is 1. The Labute approximate surface area is 159 Å². The lowest BCUT2D eigenvalue weighted by Gasteiger charge is -2.00. The number of aromatic amines is 1. The molecule has 27 heavy (non-hydrogen) atoms. The van der Waals surface area contributed by atoms with E-state index in [4.69, 9.17) is 9.26 Å². The van der Waals surface area contributed by atoms with Crippen molar-refractivity contribution < 1.29 is 14.1 Å². The summed E-state index contributed by atoms with van der Waals surface area (Å²) in [6, 6.07) is 14.9. The molecule has 2 N–H and O–H groups in total. The highest BCUT2D eigenvalue weighted by atomic mass is 32.1. The molecule has 0 spiro atoms. The lowest BCUT2D eigenvalue weighted by atomic mass is 10.1. The first kappa shape index (κ1) is 17.0. The van der Waals surface area contributed by atoms with Gasteiger partial charge in [0.2, 0.25) is 0 Å². The Morgan fingerprint density at radius 2 is 2.19 bits per heavy atom. The maximum Gasteiger partial charge on any atom is 0.272 e. The number of nitrogens with zero attached hydrogens (tertiary/aromatic N) is 2. The number of thiophene rings is 1. The summed E-state index contributed by atoms with van der Waals surface area (Å²) in [7, 11) is 1.61. The fourth-order valence-corrected chi connectivity index (χ4v) is 3.26. The molecular formula is C19H16N4O3S. The van der Waals surface area contributed by atoms with Crippen molar-refractivity contribution in [1.82, 2.24) is 20.7 Å². The highest BCUT2D eigenvalue weighted by molar-refractivity contribution is 7.13. The average Bonchev–Trinajstić information content (AvgIpc) is 3.47. The van der Waals surface area contributed by atoms with Crippen LogP contribution >= 0.6 is 11.3 Å². The molecule has 3 aromatic heterocycles. The van der Waals surface area contributed by atoms with Crippen LogP contribution in [0.25, 0.3) is 21.9 Å². The quantitative estimate of drug-likeness (QED) is 0.532. The monoisotopic (exact) mass is 380 g/mol. The van der Waals surface area contributed by atoms with Crippen LogP contribution < -0.4 is 10.1 Å². The Morgan fingerprint density at radius 1 is 1.26 bits per heavy atom. The zero-order valence-corrected chi connectivity index (χ0v) is 15.2. The first-order valence-corrected chi connectivity index (χ1v) is 9.08. The van der Waals surface area contributed by atoms with E-state index in [-0.39, 0.29) is 12.5 Å². The van der Waals surface area contributed by atoms with Gasteiger partial charge >= 0.3 is 0 Å². The minimum absolute atomic E-state index is 0.244. The molecule has 0 aliphatic rings. The second-order valence-corrected chi connectivity index (χ2v) is 6.69. The van der Waals surface area contributed by atoms with Crippen molar-refractivity contribution in [1.29, 1.82) is 0 Å². The molecule has 0 unspecified atom stereocenters. The molecule has 4 rings (SSSR count). The van der Waals surface area contributed by atoms with Crippen LogP contribution in [0.5, 0.6) is 5.75 Å². The van der Waals surface area contributed by atoms with Gasteiger partial charge in [-0.1, -0.05) is 23.4 Å². The summed E-state index contributed by atoms with van der Waals surface area (Å²) < 4.78 is 10.6. The molecule has 0 aliphatic heterocycles. The van der Waals surface area contributed by atoms with Gasteiger partial charge in [0.05, 0.1) is 24.2 Å².